The third-order valence-corrected chi connectivity index (χ3v) is 3.99. The Kier molecular flexibility index (Phi) is 4.59. The summed E-state index contributed by atoms with van der Waals surface area (Å²) in [7, 11) is 0. The van der Waals surface area contributed by atoms with E-state index in [2.05, 4.69) is 4.98 Å². The average molecular weight is 361 g/mol. The lowest BCUT2D eigenvalue weighted by Crippen LogP contribution is -2.10. The molecule has 0 spiro atoms. The zero-order chi connectivity index (χ0) is 18.0. The van der Waals surface area contributed by atoms with E-state index in [1.165, 1.54) is 12.1 Å². The van der Waals surface area contributed by atoms with Crippen molar-refractivity contribution in [2.45, 2.75) is 12.7 Å². The lowest BCUT2D eigenvalue weighted by Gasteiger charge is -2.11. The number of nitrogens with two attached hydrogens (primary N) is 1. The van der Waals surface area contributed by atoms with E-state index < -0.39 is 11.7 Å². The fraction of sp³-hybridized carbons (Fsp3) is 0.111. The summed E-state index contributed by atoms with van der Waals surface area (Å²) < 4.78 is 39.9. The molecule has 0 bridgehead atoms. The Bertz CT molecular complexity index is 898. The molecule has 0 fully saturated rings. The van der Waals surface area contributed by atoms with Crippen molar-refractivity contribution in [2.24, 2.45) is 5.73 Å². The highest BCUT2D eigenvalue weighted by Gasteiger charge is 2.30. The SMILES string of the molecule is NC(=S)c1cccc(Cn2ccnc2-c2ccc(C(F)(F)F)cc2)c1. The second kappa shape index (κ2) is 6.68. The number of imidazole rings is 1. The first-order valence-electron chi connectivity index (χ1n) is 7.42. The van der Waals surface area contributed by atoms with Gasteiger partial charge in [0.1, 0.15) is 10.8 Å². The summed E-state index contributed by atoms with van der Waals surface area (Å²) in [6, 6.07) is 12.5. The van der Waals surface area contributed by atoms with Gasteiger partial charge in [0.15, 0.2) is 0 Å². The molecular formula is C18H14F3N3S. The molecule has 0 atom stereocenters. The van der Waals surface area contributed by atoms with Crippen molar-refractivity contribution >= 4 is 17.2 Å². The number of nitrogens with zero attached hydrogens (tertiary/aromatic N) is 2. The minimum absolute atomic E-state index is 0.315. The van der Waals surface area contributed by atoms with Gasteiger partial charge in [0.2, 0.25) is 0 Å². The normalized spacial score (nSPS) is 11.5. The lowest BCUT2D eigenvalue weighted by atomic mass is 10.1. The maximum atomic E-state index is 12.7. The van der Waals surface area contributed by atoms with Crippen molar-refractivity contribution in [3.63, 3.8) is 0 Å². The fourth-order valence-corrected chi connectivity index (χ4v) is 2.65. The second-order valence-corrected chi connectivity index (χ2v) is 5.96. The molecule has 0 aliphatic carbocycles. The molecular weight excluding hydrogens is 347 g/mol. The molecule has 0 amide bonds. The van der Waals surface area contributed by atoms with Crippen LogP contribution < -0.4 is 5.73 Å². The van der Waals surface area contributed by atoms with Crippen molar-refractivity contribution in [2.75, 3.05) is 0 Å². The maximum Gasteiger partial charge on any atom is 0.416 e. The van der Waals surface area contributed by atoms with Gasteiger partial charge in [-0.05, 0) is 23.8 Å². The summed E-state index contributed by atoms with van der Waals surface area (Å²) in [5.41, 5.74) is 7.32. The van der Waals surface area contributed by atoms with Crippen LogP contribution in [-0.4, -0.2) is 14.5 Å². The number of hydrogen-bond donors (Lipinski definition) is 1. The summed E-state index contributed by atoms with van der Waals surface area (Å²) in [5, 5.41) is 0. The molecule has 128 valence electrons. The van der Waals surface area contributed by atoms with Crippen molar-refractivity contribution in [3.05, 3.63) is 77.6 Å². The summed E-state index contributed by atoms with van der Waals surface area (Å²) >= 11 is 4.98. The molecule has 3 rings (SSSR count). The van der Waals surface area contributed by atoms with E-state index >= 15 is 0 Å². The number of alkyl halides is 3. The van der Waals surface area contributed by atoms with Crippen LogP contribution in [-0.2, 0) is 12.7 Å². The standard InChI is InChI=1S/C18H14F3N3S/c19-18(20,21)15-6-4-13(5-7-15)17-23-8-9-24(17)11-12-2-1-3-14(10-12)16(22)25/h1-10H,11H2,(H2,22,25). The molecule has 7 heteroatoms. The molecule has 3 aromatic rings. The highest BCUT2D eigenvalue weighted by atomic mass is 32.1. The molecule has 2 aromatic carbocycles. The Labute approximate surface area is 147 Å². The molecule has 25 heavy (non-hydrogen) atoms. The van der Waals surface area contributed by atoms with Gasteiger partial charge in [-0.15, -0.1) is 0 Å². The molecule has 0 saturated carbocycles. The van der Waals surface area contributed by atoms with Gasteiger partial charge >= 0.3 is 6.18 Å². The minimum atomic E-state index is -4.35. The number of halogens is 3. The van der Waals surface area contributed by atoms with Crippen LogP contribution in [0.5, 0.6) is 0 Å². The van der Waals surface area contributed by atoms with E-state index in [1.54, 1.807) is 12.4 Å². The van der Waals surface area contributed by atoms with E-state index in [0.29, 0.717) is 22.9 Å². The predicted molar refractivity (Wildman–Crippen MR) is 94.1 cm³/mol. The molecule has 1 aromatic heterocycles. The predicted octanol–water partition coefficient (Wildman–Crippen LogP) is 4.25. The smallest absolute Gasteiger partial charge is 0.389 e. The Balaban J connectivity index is 1.88. The summed E-state index contributed by atoms with van der Waals surface area (Å²) in [4.78, 5) is 4.58. The molecule has 1 heterocycles. The van der Waals surface area contributed by atoms with Crippen LogP contribution in [0.2, 0.25) is 0 Å². The van der Waals surface area contributed by atoms with Gasteiger partial charge in [0.05, 0.1) is 5.56 Å². The number of aromatic nitrogens is 2. The van der Waals surface area contributed by atoms with Crippen molar-refractivity contribution in [1.29, 1.82) is 0 Å². The first kappa shape index (κ1) is 17.2. The number of benzene rings is 2. The summed E-state index contributed by atoms with van der Waals surface area (Å²) in [5.74, 6) is 0.592. The topological polar surface area (TPSA) is 43.8 Å². The molecule has 0 saturated heterocycles. The number of hydrogen-bond acceptors (Lipinski definition) is 2. The van der Waals surface area contributed by atoms with Crippen LogP contribution >= 0.6 is 12.2 Å². The molecule has 0 aliphatic heterocycles. The largest absolute Gasteiger partial charge is 0.416 e. The Morgan fingerprint density at radius 2 is 1.84 bits per heavy atom. The van der Waals surface area contributed by atoms with E-state index in [4.69, 9.17) is 18.0 Å². The first-order valence-corrected chi connectivity index (χ1v) is 7.83. The molecule has 3 nitrogen and oxygen atoms in total. The van der Waals surface area contributed by atoms with Crippen LogP contribution in [0.3, 0.4) is 0 Å². The summed E-state index contributed by atoms with van der Waals surface area (Å²) in [6.07, 6.45) is -0.958. The molecule has 0 radical (unpaired) electrons. The first-order chi connectivity index (χ1) is 11.8. The van der Waals surface area contributed by atoms with Crippen LogP contribution in [0.4, 0.5) is 13.2 Å². The fourth-order valence-electron chi connectivity index (χ4n) is 2.53. The maximum absolute atomic E-state index is 12.7. The lowest BCUT2D eigenvalue weighted by molar-refractivity contribution is -0.137. The third-order valence-electron chi connectivity index (χ3n) is 3.75. The van der Waals surface area contributed by atoms with E-state index in [0.717, 1.165) is 23.3 Å². The zero-order valence-electron chi connectivity index (χ0n) is 13.0. The van der Waals surface area contributed by atoms with Crippen LogP contribution in [0.25, 0.3) is 11.4 Å². The number of thiocarbonyl (C=S) groups is 1. The molecule has 0 aliphatic rings. The molecule has 2 N–H and O–H groups in total. The Morgan fingerprint density at radius 3 is 2.48 bits per heavy atom. The zero-order valence-corrected chi connectivity index (χ0v) is 13.8. The van der Waals surface area contributed by atoms with Gasteiger partial charge in [0, 0.05) is 30.1 Å². The van der Waals surface area contributed by atoms with Gasteiger partial charge in [-0.25, -0.2) is 4.98 Å². The van der Waals surface area contributed by atoms with Crippen molar-refractivity contribution < 1.29 is 13.2 Å². The Hall–Kier alpha value is -2.67. The van der Waals surface area contributed by atoms with E-state index in [9.17, 15) is 13.2 Å². The van der Waals surface area contributed by atoms with Gasteiger partial charge in [0.25, 0.3) is 0 Å². The second-order valence-electron chi connectivity index (χ2n) is 5.52. The van der Waals surface area contributed by atoms with Crippen molar-refractivity contribution in [1.82, 2.24) is 9.55 Å². The van der Waals surface area contributed by atoms with Crippen LogP contribution in [0, 0.1) is 0 Å². The van der Waals surface area contributed by atoms with Crippen LogP contribution in [0.1, 0.15) is 16.7 Å². The Morgan fingerprint density at radius 1 is 1.12 bits per heavy atom. The highest BCUT2D eigenvalue weighted by Crippen LogP contribution is 2.30. The van der Waals surface area contributed by atoms with E-state index in [1.807, 2.05) is 28.8 Å². The third kappa shape index (κ3) is 3.88. The van der Waals surface area contributed by atoms with Crippen LogP contribution in [0.15, 0.2) is 60.9 Å². The quantitative estimate of drug-likeness (QED) is 0.707. The highest BCUT2D eigenvalue weighted by molar-refractivity contribution is 7.80. The monoisotopic (exact) mass is 361 g/mol. The van der Waals surface area contributed by atoms with Gasteiger partial charge < -0.3 is 10.3 Å². The number of rotatable bonds is 4. The van der Waals surface area contributed by atoms with Crippen molar-refractivity contribution in [3.8, 4) is 11.4 Å². The van der Waals surface area contributed by atoms with Gasteiger partial charge in [-0.2, -0.15) is 13.2 Å². The van der Waals surface area contributed by atoms with E-state index in [-0.39, 0.29) is 0 Å². The van der Waals surface area contributed by atoms with Gasteiger partial charge in [-0.3, -0.25) is 0 Å². The molecule has 0 unspecified atom stereocenters. The summed E-state index contributed by atoms with van der Waals surface area (Å²) in [6.45, 7) is 0.507. The average Bonchev–Trinajstić information content (AvgIpc) is 3.02. The minimum Gasteiger partial charge on any atom is -0.389 e. The van der Waals surface area contributed by atoms with Gasteiger partial charge in [-0.1, -0.05) is 42.5 Å².